The number of methoxy groups -OCH3 is 1. The van der Waals surface area contributed by atoms with Gasteiger partial charge in [0.2, 0.25) is 0 Å². The van der Waals surface area contributed by atoms with E-state index < -0.39 is 12.2 Å². The minimum absolute atomic E-state index is 0.0584. The van der Waals surface area contributed by atoms with E-state index in [0.29, 0.717) is 24.6 Å². The van der Waals surface area contributed by atoms with Gasteiger partial charge in [0.25, 0.3) is 0 Å². The Labute approximate surface area is 395 Å². The minimum Gasteiger partial charge on any atom is -0.497 e. The van der Waals surface area contributed by atoms with E-state index in [2.05, 4.69) is 31.7 Å². The van der Waals surface area contributed by atoms with E-state index in [1.54, 1.807) is 79.2 Å². The molecule has 2 N–H and O–H groups in total. The Morgan fingerprint density at radius 2 is 0.758 bits per heavy atom. The molecular formula is C53H58F4N4O3S2. The van der Waals surface area contributed by atoms with Crippen LogP contribution in [0.5, 0.6) is 5.75 Å². The highest BCUT2D eigenvalue weighted by Crippen LogP contribution is 2.32. The number of nitrogens with zero attached hydrogens (tertiary/aromatic N) is 4. The van der Waals surface area contributed by atoms with Crippen LogP contribution in [0.3, 0.4) is 0 Å². The van der Waals surface area contributed by atoms with Crippen molar-refractivity contribution in [3.05, 3.63) is 197 Å². The lowest BCUT2D eigenvalue weighted by molar-refractivity contribution is 0.0707. The highest BCUT2D eigenvalue weighted by atomic mass is 32.2. The second-order valence-electron chi connectivity index (χ2n) is 16.6. The van der Waals surface area contributed by atoms with E-state index in [9.17, 15) is 27.8 Å². The Balaban J connectivity index is 0.000000197. The summed E-state index contributed by atoms with van der Waals surface area (Å²) in [4.78, 5) is 11.5. The van der Waals surface area contributed by atoms with Crippen LogP contribution in [-0.4, -0.2) is 126 Å². The number of aliphatic hydroxyl groups is 2. The van der Waals surface area contributed by atoms with Crippen molar-refractivity contribution in [1.29, 1.82) is 0 Å². The first-order valence-corrected chi connectivity index (χ1v) is 24.3. The predicted molar refractivity (Wildman–Crippen MR) is 258 cm³/mol. The van der Waals surface area contributed by atoms with E-state index in [4.69, 9.17) is 4.74 Å². The molecule has 13 heteroatoms. The van der Waals surface area contributed by atoms with Crippen LogP contribution in [0.4, 0.5) is 17.6 Å². The van der Waals surface area contributed by atoms with Crippen molar-refractivity contribution in [2.75, 3.05) is 84.1 Å². The average molecular weight is 939 g/mol. The second kappa shape index (κ2) is 24.9. The smallest absolute Gasteiger partial charge is 0.123 e. The van der Waals surface area contributed by atoms with Crippen LogP contribution >= 0.6 is 23.5 Å². The van der Waals surface area contributed by atoms with Gasteiger partial charge in [-0.3, -0.25) is 19.6 Å². The molecule has 2 aliphatic rings. The number of rotatable bonds is 17. The van der Waals surface area contributed by atoms with Crippen LogP contribution in [-0.2, 0) is 0 Å². The summed E-state index contributed by atoms with van der Waals surface area (Å²) in [6.07, 6.45) is -0.819. The van der Waals surface area contributed by atoms with E-state index in [1.807, 2.05) is 42.5 Å². The first-order valence-electron chi connectivity index (χ1n) is 22.4. The molecule has 0 amide bonds. The summed E-state index contributed by atoms with van der Waals surface area (Å²) in [5, 5.41) is 21.1. The summed E-state index contributed by atoms with van der Waals surface area (Å²) in [7, 11) is 1.65. The first-order chi connectivity index (χ1) is 32.1. The topological polar surface area (TPSA) is 62.7 Å². The molecule has 0 spiro atoms. The molecule has 2 unspecified atom stereocenters. The Hall–Kier alpha value is -4.70. The third-order valence-corrected chi connectivity index (χ3v) is 14.2. The van der Waals surface area contributed by atoms with Crippen LogP contribution < -0.4 is 4.74 Å². The lowest BCUT2D eigenvalue weighted by atomic mass is 9.96. The van der Waals surface area contributed by atoms with Crippen LogP contribution in [0, 0.1) is 23.3 Å². The van der Waals surface area contributed by atoms with Gasteiger partial charge >= 0.3 is 0 Å². The summed E-state index contributed by atoms with van der Waals surface area (Å²) in [5.41, 5.74) is 3.95. The number of ether oxygens (including phenoxy) is 1. The molecule has 7 nitrogen and oxygen atoms in total. The molecule has 2 atom stereocenters. The summed E-state index contributed by atoms with van der Waals surface area (Å²) >= 11 is 3.31. The molecule has 2 fully saturated rings. The number of thioether (sulfide) groups is 2. The van der Waals surface area contributed by atoms with Gasteiger partial charge in [-0.1, -0.05) is 66.7 Å². The van der Waals surface area contributed by atoms with Gasteiger partial charge in [-0.15, -0.1) is 23.5 Å². The largest absolute Gasteiger partial charge is 0.497 e. The number of halogens is 4. The molecule has 0 radical (unpaired) electrons. The van der Waals surface area contributed by atoms with Crippen molar-refractivity contribution < 1.29 is 32.5 Å². The molecule has 0 aromatic heterocycles. The Morgan fingerprint density at radius 1 is 0.439 bits per heavy atom. The fraction of sp³-hybridized carbons (Fsp3) is 0.321. The van der Waals surface area contributed by atoms with Crippen LogP contribution in [0.15, 0.2) is 161 Å². The van der Waals surface area contributed by atoms with Crippen molar-refractivity contribution in [1.82, 2.24) is 19.6 Å². The predicted octanol–water partition coefficient (Wildman–Crippen LogP) is 9.66. The molecule has 6 aromatic carbocycles. The van der Waals surface area contributed by atoms with Gasteiger partial charge in [0.1, 0.15) is 29.0 Å². The van der Waals surface area contributed by atoms with Crippen LogP contribution in [0.1, 0.15) is 34.3 Å². The van der Waals surface area contributed by atoms with Crippen molar-refractivity contribution in [2.24, 2.45) is 0 Å². The zero-order valence-corrected chi connectivity index (χ0v) is 38.8. The maximum absolute atomic E-state index is 13.5. The van der Waals surface area contributed by atoms with E-state index in [-0.39, 0.29) is 35.4 Å². The van der Waals surface area contributed by atoms with Crippen molar-refractivity contribution >= 4 is 23.5 Å². The number of β-amino-alcohol motifs (C(OH)–C–C–N with tert-alkyl or cyclic N) is 2. The highest BCUT2D eigenvalue weighted by Gasteiger charge is 2.29. The number of aliphatic hydroxyl groups excluding tert-OH is 2. The van der Waals surface area contributed by atoms with Crippen LogP contribution in [0.25, 0.3) is 0 Å². The second-order valence-corrected chi connectivity index (χ2v) is 18.8. The summed E-state index contributed by atoms with van der Waals surface area (Å²) in [6.45, 7) is 7.83. The molecule has 8 rings (SSSR count). The van der Waals surface area contributed by atoms with E-state index in [1.165, 1.54) is 48.5 Å². The molecule has 0 aliphatic carbocycles. The summed E-state index contributed by atoms with van der Waals surface area (Å²) < 4.78 is 59.2. The minimum atomic E-state index is -0.427. The number of hydrogen-bond donors (Lipinski definition) is 2. The lowest BCUT2D eigenvalue weighted by Gasteiger charge is -2.40. The molecule has 6 aromatic rings. The molecule has 2 heterocycles. The molecular weight excluding hydrogens is 881 g/mol. The van der Waals surface area contributed by atoms with Gasteiger partial charge in [0, 0.05) is 86.7 Å². The van der Waals surface area contributed by atoms with Crippen LogP contribution in [0.2, 0.25) is 0 Å². The van der Waals surface area contributed by atoms with E-state index >= 15 is 0 Å². The Bertz CT molecular complexity index is 2230. The van der Waals surface area contributed by atoms with Crippen molar-refractivity contribution in [3.63, 3.8) is 0 Å². The van der Waals surface area contributed by atoms with Gasteiger partial charge < -0.3 is 14.9 Å². The number of benzene rings is 6. The Morgan fingerprint density at radius 3 is 1.08 bits per heavy atom. The normalized spacial score (nSPS) is 16.2. The van der Waals surface area contributed by atoms with Gasteiger partial charge in [-0.25, -0.2) is 17.6 Å². The number of piperazine rings is 2. The highest BCUT2D eigenvalue weighted by molar-refractivity contribution is 7.99. The molecule has 0 saturated carbocycles. The third-order valence-electron chi connectivity index (χ3n) is 11.9. The van der Waals surface area contributed by atoms with E-state index in [0.717, 1.165) is 90.2 Å². The zero-order valence-electron chi connectivity index (χ0n) is 37.1. The molecule has 0 bridgehead atoms. The van der Waals surface area contributed by atoms with Gasteiger partial charge in [-0.05, 0) is 107 Å². The SMILES string of the molecule is COc1ccc(SCC(O)CN2CCN(C(c3ccc(F)cc3)c3ccc(F)cc3)CC2)cc1.OC(CSc1ccccc1)CN1CCN(C(c2ccc(F)cc2)c2ccc(F)cc2)CC1. The maximum Gasteiger partial charge on any atom is 0.123 e. The standard InChI is InChI=1S/C27H30F2N2O2S.C26H28F2N2OS/c1-33-25-10-12-26(13-11-25)34-19-24(32)18-30-14-16-31(17-15-30)27(20-2-6-22(28)7-3-20)21-4-8-23(29)9-5-21;27-22-10-6-20(7-11-22)26(21-8-12-23(28)13-9-21)30-16-14-29(15-17-30)18-24(31)19-32-25-4-2-1-3-5-25/h2-13,24,27,32H,14-19H2,1H3;1-13,24,26,31H,14-19H2. The zero-order chi connectivity index (χ0) is 46.3. The van der Waals surface area contributed by atoms with Gasteiger partial charge in [0.05, 0.1) is 31.4 Å². The van der Waals surface area contributed by atoms with Gasteiger partial charge in [0.15, 0.2) is 0 Å². The quantitative estimate of drug-likeness (QED) is 0.0688. The molecule has 2 saturated heterocycles. The maximum atomic E-state index is 13.5. The first kappa shape index (κ1) is 49.2. The lowest BCUT2D eigenvalue weighted by Crippen LogP contribution is -2.50. The Kier molecular flexibility index (Phi) is 18.6. The monoisotopic (exact) mass is 938 g/mol. The van der Waals surface area contributed by atoms with Crippen molar-refractivity contribution in [3.8, 4) is 5.75 Å². The van der Waals surface area contributed by atoms with Crippen molar-refractivity contribution in [2.45, 2.75) is 34.1 Å². The third kappa shape index (κ3) is 14.6. The summed E-state index contributed by atoms with van der Waals surface area (Å²) in [6, 6.07) is 44.0. The average Bonchev–Trinajstić information content (AvgIpc) is 3.34. The molecule has 66 heavy (non-hydrogen) atoms. The fourth-order valence-electron chi connectivity index (χ4n) is 8.49. The fourth-order valence-corrected chi connectivity index (χ4v) is 10.2. The summed E-state index contributed by atoms with van der Waals surface area (Å²) in [5.74, 6) is 1.04. The number of hydrogen-bond acceptors (Lipinski definition) is 9. The molecule has 348 valence electrons. The molecule has 2 aliphatic heterocycles. The van der Waals surface area contributed by atoms with Gasteiger partial charge in [-0.2, -0.15) is 0 Å².